The van der Waals surface area contributed by atoms with Gasteiger partial charge in [0.25, 0.3) is 5.91 Å². The Morgan fingerprint density at radius 3 is 2.40 bits per heavy atom. The van der Waals surface area contributed by atoms with E-state index >= 15 is 0 Å². The number of hydrogen-bond donors (Lipinski definition) is 2. The lowest BCUT2D eigenvalue weighted by Crippen LogP contribution is -2.16. The predicted molar refractivity (Wildman–Crippen MR) is 97.4 cm³/mol. The minimum Gasteiger partial charge on any atom is -0.495 e. The topological polar surface area (TPSA) is 98.5 Å². The standard InChI is InChI=1S/C18H22N2O4S/c1-3-4-5-13-6-9-15(10-7-13)20-18(21)14-8-11-16(24-2)17(12-14)25(19,22)23/h6-12H,3-5H2,1-2H3,(H,20,21)(H2,19,22,23). The summed E-state index contributed by atoms with van der Waals surface area (Å²) in [5, 5.41) is 7.91. The molecule has 0 fully saturated rings. The van der Waals surface area contributed by atoms with Gasteiger partial charge in [-0.2, -0.15) is 0 Å². The first-order chi connectivity index (χ1) is 11.8. The number of hydrogen-bond acceptors (Lipinski definition) is 4. The third-order valence-corrected chi connectivity index (χ3v) is 4.70. The van der Waals surface area contributed by atoms with Crippen molar-refractivity contribution >= 4 is 21.6 Å². The highest BCUT2D eigenvalue weighted by Crippen LogP contribution is 2.24. The van der Waals surface area contributed by atoms with Crippen molar-refractivity contribution in [3.63, 3.8) is 0 Å². The van der Waals surface area contributed by atoms with Crippen molar-refractivity contribution in [1.29, 1.82) is 0 Å². The maximum absolute atomic E-state index is 12.4. The Kier molecular flexibility index (Phi) is 6.17. The van der Waals surface area contributed by atoms with Crippen LogP contribution in [0.3, 0.4) is 0 Å². The number of rotatable bonds is 7. The van der Waals surface area contributed by atoms with E-state index in [0.717, 1.165) is 19.3 Å². The molecule has 0 unspecified atom stereocenters. The van der Waals surface area contributed by atoms with Gasteiger partial charge in [-0.3, -0.25) is 4.79 Å². The average Bonchev–Trinajstić information content (AvgIpc) is 2.59. The number of carbonyl (C=O) groups excluding carboxylic acids is 1. The number of methoxy groups -OCH3 is 1. The second kappa shape index (κ2) is 8.13. The molecular formula is C18H22N2O4S. The lowest BCUT2D eigenvalue weighted by molar-refractivity contribution is 0.102. The van der Waals surface area contributed by atoms with Crippen LogP contribution in [-0.4, -0.2) is 21.4 Å². The summed E-state index contributed by atoms with van der Waals surface area (Å²) in [5.41, 5.74) is 2.03. The zero-order valence-corrected chi connectivity index (χ0v) is 15.1. The molecule has 6 nitrogen and oxygen atoms in total. The molecule has 0 spiro atoms. The Hall–Kier alpha value is -2.38. The predicted octanol–water partition coefficient (Wildman–Crippen LogP) is 2.94. The van der Waals surface area contributed by atoms with Gasteiger partial charge in [0.05, 0.1) is 7.11 Å². The smallest absolute Gasteiger partial charge is 0.255 e. The first-order valence-electron chi connectivity index (χ1n) is 7.96. The van der Waals surface area contributed by atoms with Crippen LogP contribution in [0.25, 0.3) is 0 Å². The van der Waals surface area contributed by atoms with Gasteiger partial charge in [0.15, 0.2) is 0 Å². The van der Waals surface area contributed by atoms with Gasteiger partial charge >= 0.3 is 0 Å². The van der Waals surface area contributed by atoms with Crippen LogP contribution < -0.4 is 15.2 Å². The van der Waals surface area contributed by atoms with Gasteiger partial charge in [-0.25, -0.2) is 13.6 Å². The zero-order chi connectivity index (χ0) is 18.4. The number of aryl methyl sites for hydroxylation is 1. The Morgan fingerprint density at radius 1 is 1.16 bits per heavy atom. The third-order valence-electron chi connectivity index (χ3n) is 3.76. The first-order valence-corrected chi connectivity index (χ1v) is 9.51. The molecule has 0 aliphatic heterocycles. The van der Waals surface area contributed by atoms with E-state index in [2.05, 4.69) is 12.2 Å². The average molecular weight is 362 g/mol. The molecule has 7 heteroatoms. The van der Waals surface area contributed by atoms with Crippen molar-refractivity contribution in [2.24, 2.45) is 5.14 Å². The van der Waals surface area contributed by atoms with Crippen molar-refractivity contribution in [2.75, 3.05) is 12.4 Å². The first kappa shape index (κ1) is 19.0. The molecule has 134 valence electrons. The Labute approximate surface area is 148 Å². The van der Waals surface area contributed by atoms with Gasteiger partial charge in [0, 0.05) is 11.3 Å². The highest BCUT2D eigenvalue weighted by Gasteiger charge is 2.18. The number of ether oxygens (including phenoxy) is 1. The molecule has 0 saturated heterocycles. The van der Waals surface area contributed by atoms with Crippen LogP contribution in [0, 0.1) is 0 Å². The van der Waals surface area contributed by atoms with Gasteiger partial charge in [-0.15, -0.1) is 0 Å². The van der Waals surface area contributed by atoms with E-state index in [1.807, 2.05) is 24.3 Å². The van der Waals surface area contributed by atoms with E-state index in [1.165, 1.54) is 30.9 Å². The molecule has 2 rings (SSSR count). The number of anilines is 1. The van der Waals surface area contributed by atoms with Gasteiger partial charge < -0.3 is 10.1 Å². The van der Waals surface area contributed by atoms with Crippen LogP contribution in [0.5, 0.6) is 5.75 Å². The highest BCUT2D eigenvalue weighted by atomic mass is 32.2. The molecule has 0 aliphatic rings. The number of nitrogens with one attached hydrogen (secondary N) is 1. The minimum absolute atomic E-state index is 0.0966. The number of unbranched alkanes of at least 4 members (excludes halogenated alkanes) is 1. The van der Waals surface area contributed by atoms with Crippen LogP contribution >= 0.6 is 0 Å². The van der Waals surface area contributed by atoms with Crippen LogP contribution in [0.2, 0.25) is 0 Å². The van der Waals surface area contributed by atoms with E-state index in [9.17, 15) is 13.2 Å². The van der Waals surface area contributed by atoms with E-state index in [-0.39, 0.29) is 16.2 Å². The summed E-state index contributed by atoms with van der Waals surface area (Å²) in [6, 6.07) is 11.7. The maximum atomic E-state index is 12.4. The molecule has 2 aromatic carbocycles. The molecule has 0 aliphatic carbocycles. The summed E-state index contributed by atoms with van der Waals surface area (Å²) in [4.78, 5) is 12.1. The molecular weight excluding hydrogens is 340 g/mol. The lowest BCUT2D eigenvalue weighted by atomic mass is 10.1. The van der Waals surface area contributed by atoms with Crippen LogP contribution in [-0.2, 0) is 16.4 Å². The second-order valence-corrected chi connectivity index (χ2v) is 7.20. The fourth-order valence-corrected chi connectivity index (χ4v) is 3.10. The fraction of sp³-hybridized carbons (Fsp3) is 0.278. The summed E-state index contributed by atoms with van der Waals surface area (Å²) >= 11 is 0. The molecule has 0 radical (unpaired) electrons. The monoisotopic (exact) mass is 362 g/mol. The Bertz CT molecular complexity index is 846. The molecule has 0 heterocycles. The highest BCUT2D eigenvalue weighted by molar-refractivity contribution is 7.89. The Morgan fingerprint density at radius 2 is 1.84 bits per heavy atom. The number of nitrogens with two attached hydrogens (primary N) is 1. The largest absolute Gasteiger partial charge is 0.495 e. The molecule has 0 atom stereocenters. The summed E-state index contributed by atoms with van der Waals surface area (Å²) in [7, 11) is -2.66. The minimum atomic E-state index is -3.99. The molecule has 0 saturated carbocycles. The van der Waals surface area contributed by atoms with Crippen molar-refractivity contribution < 1.29 is 17.9 Å². The van der Waals surface area contributed by atoms with Crippen LogP contribution in [0.15, 0.2) is 47.4 Å². The molecule has 0 aromatic heterocycles. The number of carbonyl (C=O) groups is 1. The fourth-order valence-electron chi connectivity index (χ4n) is 2.38. The maximum Gasteiger partial charge on any atom is 0.255 e. The van der Waals surface area contributed by atoms with E-state index in [0.29, 0.717) is 5.69 Å². The summed E-state index contributed by atoms with van der Waals surface area (Å²) < 4.78 is 28.3. The van der Waals surface area contributed by atoms with E-state index in [4.69, 9.17) is 9.88 Å². The Balaban J connectivity index is 2.18. The van der Waals surface area contributed by atoms with E-state index < -0.39 is 15.9 Å². The van der Waals surface area contributed by atoms with Gasteiger partial charge in [-0.1, -0.05) is 25.5 Å². The van der Waals surface area contributed by atoms with Crippen molar-refractivity contribution in [1.82, 2.24) is 0 Å². The normalized spacial score (nSPS) is 11.2. The van der Waals surface area contributed by atoms with Gasteiger partial charge in [0.1, 0.15) is 10.6 Å². The number of benzene rings is 2. The van der Waals surface area contributed by atoms with Crippen LogP contribution in [0.1, 0.15) is 35.7 Å². The van der Waals surface area contributed by atoms with Crippen molar-refractivity contribution in [2.45, 2.75) is 31.1 Å². The SMILES string of the molecule is CCCCc1ccc(NC(=O)c2ccc(OC)c(S(N)(=O)=O)c2)cc1. The van der Waals surface area contributed by atoms with Gasteiger partial charge in [-0.05, 0) is 48.7 Å². The molecule has 2 aromatic rings. The van der Waals surface area contributed by atoms with Crippen LogP contribution in [0.4, 0.5) is 5.69 Å². The second-order valence-electron chi connectivity index (χ2n) is 5.67. The number of sulfonamides is 1. The lowest BCUT2D eigenvalue weighted by Gasteiger charge is -2.10. The molecule has 0 bridgehead atoms. The van der Waals surface area contributed by atoms with Crippen molar-refractivity contribution in [3.8, 4) is 5.75 Å². The summed E-state index contributed by atoms with van der Waals surface area (Å²) in [6.45, 7) is 2.14. The summed E-state index contributed by atoms with van der Waals surface area (Å²) in [6.07, 6.45) is 3.25. The van der Waals surface area contributed by atoms with E-state index in [1.54, 1.807) is 0 Å². The molecule has 3 N–H and O–H groups in total. The zero-order valence-electron chi connectivity index (χ0n) is 14.3. The summed E-state index contributed by atoms with van der Waals surface area (Å²) in [5.74, 6) is -0.326. The molecule has 1 amide bonds. The quantitative estimate of drug-likeness (QED) is 0.791. The third kappa shape index (κ3) is 5.04. The molecule has 25 heavy (non-hydrogen) atoms. The number of primary sulfonamides is 1. The van der Waals surface area contributed by atoms with Crippen molar-refractivity contribution in [3.05, 3.63) is 53.6 Å². The van der Waals surface area contributed by atoms with Gasteiger partial charge in [0.2, 0.25) is 10.0 Å². The number of amides is 1.